The number of ether oxygens (including phenoxy) is 1. The first kappa shape index (κ1) is 12.7. The van der Waals surface area contributed by atoms with E-state index in [0.29, 0.717) is 30.0 Å². The van der Waals surface area contributed by atoms with Gasteiger partial charge in [0.25, 0.3) is 5.91 Å². The molecule has 2 heterocycles. The Hall–Kier alpha value is -2.37. The molecule has 1 atom stereocenters. The predicted octanol–water partition coefficient (Wildman–Crippen LogP) is 2.19. The Balaban J connectivity index is 1.86. The molecule has 6 heteroatoms. The minimum Gasteiger partial charge on any atom is -0.493 e. The predicted molar refractivity (Wildman–Crippen MR) is 69.9 cm³/mol. The molecule has 1 aromatic carbocycles. The summed E-state index contributed by atoms with van der Waals surface area (Å²) in [6.45, 7) is 0.565. The first-order valence-electron chi connectivity index (χ1n) is 6.46. The number of halogens is 1. The van der Waals surface area contributed by atoms with Crippen molar-refractivity contribution in [1.29, 1.82) is 0 Å². The molecule has 1 aliphatic rings. The monoisotopic (exact) mass is 275 g/mol. The number of aromatic amines is 1. The van der Waals surface area contributed by atoms with Gasteiger partial charge >= 0.3 is 0 Å². The van der Waals surface area contributed by atoms with Gasteiger partial charge in [-0.2, -0.15) is 5.10 Å². The van der Waals surface area contributed by atoms with E-state index in [9.17, 15) is 9.18 Å². The molecule has 0 fully saturated rings. The number of benzene rings is 1. The van der Waals surface area contributed by atoms with Crippen LogP contribution in [-0.4, -0.2) is 22.7 Å². The maximum Gasteiger partial charge on any atom is 0.269 e. The van der Waals surface area contributed by atoms with E-state index in [0.717, 1.165) is 6.42 Å². The molecule has 1 amide bonds. The summed E-state index contributed by atoms with van der Waals surface area (Å²) in [6, 6.07) is 5.70. The lowest BCUT2D eigenvalue weighted by Gasteiger charge is -2.18. The average molecular weight is 275 g/mol. The molecule has 0 saturated heterocycles. The van der Waals surface area contributed by atoms with E-state index in [2.05, 4.69) is 15.5 Å². The van der Waals surface area contributed by atoms with Crippen molar-refractivity contribution in [2.24, 2.45) is 0 Å². The summed E-state index contributed by atoms with van der Waals surface area (Å²) in [5.41, 5.74) is 1.06. The van der Waals surface area contributed by atoms with Gasteiger partial charge in [-0.3, -0.25) is 9.89 Å². The van der Waals surface area contributed by atoms with Crippen LogP contribution in [0.2, 0.25) is 0 Å². The Labute approximate surface area is 115 Å². The van der Waals surface area contributed by atoms with Crippen molar-refractivity contribution >= 4 is 5.91 Å². The number of aromatic nitrogens is 2. The van der Waals surface area contributed by atoms with E-state index in [1.54, 1.807) is 12.1 Å². The Morgan fingerprint density at radius 2 is 2.35 bits per heavy atom. The number of fused-ring (bicyclic) bond motifs is 1. The summed E-state index contributed by atoms with van der Waals surface area (Å²) in [4.78, 5) is 12.1. The fraction of sp³-hybridized carbons (Fsp3) is 0.286. The van der Waals surface area contributed by atoms with E-state index in [1.807, 2.05) is 0 Å². The van der Waals surface area contributed by atoms with Crippen molar-refractivity contribution in [3.8, 4) is 5.75 Å². The van der Waals surface area contributed by atoms with E-state index >= 15 is 0 Å². The molecule has 104 valence electrons. The number of nitrogens with one attached hydrogen (secondary N) is 2. The third-order valence-electron chi connectivity index (χ3n) is 3.29. The molecule has 0 bridgehead atoms. The lowest BCUT2D eigenvalue weighted by molar-refractivity contribution is 0.0929. The fourth-order valence-electron chi connectivity index (χ4n) is 2.32. The zero-order valence-corrected chi connectivity index (χ0v) is 10.7. The van der Waals surface area contributed by atoms with Gasteiger partial charge < -0.3 is 10.1 Å². The highest BCUT2D eigenvalue weighted by atomic mass is 19.1. The third-order valence-corrected chi connectivity index (χ3v) is 3.29. The van der Waals surface area contributed by atoms with Crippen LogP contribution >= 0.6 is 0 Å². The SMILES string of the molecule is O=C(NC1CCCOc2ccc(F)cc21)c1ccn[nH]1. The van der Waals surface area contributed by atoms with Gasteiger partial charge in [0.2, 0.25) is 0 Å². The smallest absolute Gasteiger partial charge is 0.269 e. The second kappa shape index (κ2) is 5.32. The Bertz CT molecular complexity index is 613. The fourth-order valence-corrected chi connectivity index (χ4v) is 2.32. The van der Waals surface area contributed by atoms with Gasteiger partial charge in [0.1, 0.15) is 17.3 Å². The molecule has 3 rings (SSSR count). The molecule has 0 aliphatic carbocycles. The quantitative estimate of drug-likeness (QED) is 0.883. The van der Waals surface area contributed by atoms with Crippen LogP contribution in [0.3, 0.4) is 0 Å². The zero-order valence-electron chi connectivity index (χ0n) is 10.7. The van der Waals surface area contributed by atoms with Crippen molar-refractivity contribution in [2.45, 2.75) is 18.9 Å². The number of amides is 1. The Morgan fingerprint density at radius 1 is 1.45 bits per heavy atom. The highest BCUT2D eigenvalue weighted by Crippen LogP contribution is 2.32. The number of hydrogen-bond acceptors (Lipinski definition) is 3. The highest BCUT2D eigenvalue weighted by molar-refractivity contribution is 5.92. The summed E-state index contributed by atoms with van der Waals surface area (Å²) in [6.07, 6.45) is 3.01. The molecule has 0 saturated carbocycles. The van der Waals surface area contributed by atoms with Gasteiger partial charge in [-0.1, -0.05) is 0 Å². The van der Waals surface area contributed by atoms with Gasteiger partial charge in [0.05, 0.1) is 12.6 Å². The van der Waals surface area contributed by atoms with Crippen molar-refractivity contribution < 1.29 is 13.9 Å². The van der Waals surface area contributed by atoms with Crippen LogP contribution in [0.1, 0.15) is 34.9 Å². The minimum absolute atomic E-state index is 0.260. The van der Waals surface area contributed by atoms with Crippen LogP contribution in [-0.2, 0) is 0 Å². The van der Waals surface area contributed by atoms with Crippen LogP contribution in [0.25, 0.3) is 0 Å². The van der Waals surface area contributed by atoms with Crippen molar-refractivity contribution in [1.82, 2.24) is 15.5 Å². The summed E-state index contributed by atoms with van der Waals surface area (Å²) >= 11 is 0. The van der Waals surface area contributed by atoms with Gasteiger partial charge in [-0.15, -0.1) is 0 Å². The van der Waals surface area contributed by atoms with Crippen LogP contribution < -0.4 is 10.1 Å². The van der Waals surface area contributed by atoms with Crippen LogP contribution in [0.5, 0.6) is 5.75 Å². The van der Waals surface area contributed by atoms with Gasteiger partial charge in [0, 0.05) is 11.8 Å². The number of carbonyl (C=O) groups is 1. The first-order chi connectivity index (χ1) is 9.74. The molecule has 0 spiro atoms. The molecule has 5 nitrogen and oxygen atoms in total. The summed E-state index contributed by atoms with van der Waals surface area (Å²) in [7, 11) is 0. The lowest BCUT2D eigenvalue weighted by Crippen LogP contribution is -2.28. The van der Waals surface area contributed by atoms with E-state index in [4.69, 9.17) is 4.74 Å². The molecule has 2 N–H and O–H groups in total. The number of nitrogens with zero attached hydrogens (tertiary/aromatic N) is 1. The number of H-pyrrole nitrogens is 1. The Morgan fingerprint density at radius 3 is 3.15 bits per heavy atom. The second-order valence-electron chi connectivity index (χ2n) is 4.67. The number of hydrogen-bond donors (Lipinski definition) is 2. The van der Waals surface area contributed by atoms with Gasteiger partial charge in [-0.05, 0) is 37.1 Å². The van der Waals surface area contributed by atoms with Crippen molar-refractivity contribution in [3.63, 3.8) is 0 Å². The third kappa shape index (κ3) is 2.49. The standard InChI is InChI=1S/C14H14FN3O2/c15-9-3-4-13-10(8-9)11(2-1-7-20-13)17-14(19)12-5-6-16-18-12/h3-6,8,11H,1-2,7H2,(H,16,18)(H,17,19). The zero-order chi connectivity index (χ0) is 13.9. The lowest BCUT2D eigenvalue weighted by atomic mass is 10.0. The van der Waals surface area contributed by atoms with Crippen molar-refractivity contribution in [3.05, 3.63) is 47.5 Å². The maximum atomic E-state index is 13.4. The molecule has 1 aromatic heterocycles. The molecular formula is C14H14FN3O2. The first-order valence-corrected chi connectivity index (χ1v) is 6.46. The van der Waals surface area contributed by atoms with Crippen LogP contribution in [0, 0.1) is 5.82 Å². The molecular weight excluding hydrogens is 261 g/mol. The van der Waals surface area contributed by atoms with E-state index < -0.39 is 0 Å². The van der Waals surface area contributed by atoms with Crippen molar-refractivity contribution in [2.75, 3.05) is 6.61 Å². The summed E-state index contributed by atoms with van der Waals surface area (Å²) in [5, 5.41) is 9.24. The molecule has 20 heavy (non-hydrogen) atoms. The molecule has 2 aromatic rings. The van der Waals surface area contributed by atoms with Crippen LogP contribution in [0.4, 0.5) is 4.39 Å². The average Bonchev–Trinajstić information content (AvgIpc) is 2.91. The van der Waals surface area contributed by atoms with Gasteiger partial charge in [0.15, 0.2) is 0 Å². The number of rotatable bonds is 2. The largest absolute Gasteiger partial charge is 0.493 e. The normalized spacial score (nSPS) is 17.8. The summed E-state index contributed by atoms with van der Waals surface area (Å²) < 4.78 is 19.0. The topological polar surface area (TPSA) is 67.0 Å². The van der Waals surface area contributed by atoms with Gasteiger partial charge in [-0.25, -0.2) is 4.39 Å². The molecule has 1 unspecified atom stereocenters. The highest BCUT2D eigenvalue weighted by Gasteiger charge is 2.23. The minimum atomic E-state index is -0.338. The Kier molecular flexibility index (Phi) is 3.37. The van der Waals surface area contributed by atoms with E-state index in [1.165, 1.54) is 18.3 Å². The second-order valence-corrected chi connectivity index (χ2v) is 4.67. The molecule has 0 radical (unpaired) electrons. The van der Waals surface area contributed by atoms with E-state index in [-0.39, 0.29) is 17.8 Å². The van der Waals surface area contributed by atoms with Crippen LogP contribution in [0.15, 0.2) is 30.5 Å². The number of carbonyl (C=O) groups excluding carboxylic acids is 1. The maximum absolute atomic E-state index is 13.4. The molecule has 1 aliphatic heterocycles. The summed E-state index contributed by atoms with van der Waals surface area (Å²) in [5.74, 6) is 0.0264.